The van der Waals surface area contributed by atoms with Crippen molar-refractivity contribution in [3.8, 4) is 0 Å². The van der Waals surface area contributed by atoms with E-state index < -0.39 is 0 Å². The zero-order chi connectivity index (χ0) is 12.1. The molecule has 0 aliphatic carbocycles. The molecule has 0 radical (unpaired) electrons. The van der Waals surface area contributed by atoms with Crippen molar-refractivity contribution in [2.75, 3.05) is 0 Å². The molecule has 0 fully saturated rings. The van der Waals surface area contributed by atoms with Crippen LogP contribution in [0.2, 0.25) is 0 Å². The minimum absolute atomic E-state index is 1.17. The van der Waals surface area contributed by atoms with Gasteiger partial charge in [0.25, 0.3) is 0 Å². The van der Waals surface area contributed by atoms with E-state index in [0.29, 0.717) is 0 Å². The fourth-order valence-corrected chi connectivity index (χ4v) is 1.86. The molecule has 0 nitrogen and oxygen atoms in total. The Bertz CT molecular complexity index is 186. The zero-order valence-corrected chi connectivity index (χ0v) is 11.6. The molecule has 0 rings (SSSR count). The van der Waals surface area contributed by atoms with E-state index >= 15 is 0 Å². The number of hydrogen-bond acceptors (Lipinski definition) is 0. The fourth-order valence-electron chi connectivity index (χ4n) is 1.86. The van der Waals surface area contributed by atoms with Crippen LogP contribution in [0.5, 0.6) is 0 Å². The Hall–Kier alpha value is -0.520. The van der Waals surface area contributed by atoms with Crippen molar-refractivity contribution in [3.05, 3.63) is 23.8 Å². The monoisotopic (exact) mass is 222 g/mol. The van der Waals surface area contributed by atoms with Crippen LogP contribution in [0.3, 0.4) is 0 Å². The molecule has 0 heterocycles. The van der Waals surface area contributed by atoms with Crippen molar-refractivity contribution in [1.29, 1.82) is 0 Å². The molecule has 0 amide bonds. The Kier molecular flexibility index (Phi) is 12.1. The number of hydrogen-bond donors (Lipinski definition) is 0. The summed E-state index contributed by atoms with van der Waals surface area (Å²) in [7, 11) is 0. The van der Waals surface area contributed by atoms with Gasteiger partial charge in [-0.1, -0.05) is 63.3 Å². The molecule has 16 heavy (non-hydrogen) atoms. The van der Waals surface area contributed by atoms with Crippen LogP contribution >= 0.6 is 0 Å². The largest absolute Gasteiger partial charge is 0.0913 e. The molecule has 0 saturated heterocycles. The molecule has 0 heteroatoms. The maximum absolute atomic E-state index is 2.49. The SMILES string of the molecule is C/C=C/C/C(=C\CCCCC)CCCCC. The van der Waals surface area contributed by atoms with Gasteiger partial charge in [0.15, 0.2) is 0 Å². The number of rotatable bonds is 10. The second-order valence-corrected chi connectivity index (χ2v) is 4.59. The average Bonchev–Trinajstić information content (AvgIpc) is 2.31. The highest BCUT2D eigenvalue weighted by Crippen LogP contribution is 2.15. The van der Waals surface area contributed by atoms with Gasteiger partial charge in [-0.2, -0.15) is 0 Å². The first-order chi connectivity index (χ1) is 7.85. The molecule has 0 aromatic rings. The minimum Gasteiger partial charge on any atom is -0.0913 e. The molecule has 0 saturated carbocycles. The molecule has 0 unspecified atom stereocenters. The zero-order valence-electron chi connectivity index (χ0n) is 11.6. The molecular formula is C16H30. The Morgan fingerprint density at radius 3 is 2.25 bits per heavy atom. The van der Waals surface area contributed by atoms with E-state index in [1.54, 1.807) is 5.57 Å². The van der Waals surface area contributed by atoms with Crippen LogP contribution in [0, 0.1) is 0 Å². The standard InChI is InChI=1S/C16H30/c1-4-7-10-12-15-16(13-9-6-3)14-11-8-5-2/h6,9,15H,4-5,7-8,10-14H2,1-3H3/b9-6+,16-15+. The summed E-state index contributed by atoms with van der Waals surface area (Å²) in [5.74, 6) is 0. The average molecular weight is 222 g/mol. The lowest BCUT2D eigenvalue weighted by Gasteiger charge is -2.05. The summed E-state index contributed by atoms with van der Waals surface area (Å²) in [6.45, 7) is 6.66. The van der Waals surface area contributed by atoms with E-state index in [-0.39, 0.29) is 0 Å². The van der Waals surface area contributed by atoms with Crippen molar-refractivity contribution in [2.24, 2.45) is 0 Å². The molecule has 0 aliphatic rings. The van der Waals surface area contributed by atoms with Gasteiger partial charge in [0.1, 0.15) is 0 Å². The third-order valence-corrected chi connectivity index (χ3v) is 2.96. The van der Waals surface area contributed by atoms with Crippen LogP contribution in [0.15, 0.2) is 23.8 Å². The topological polar surface area (TPSA) is 0 Å². The van der Waals surface area contributed by atoms with Gasteiger partial charge >= 0.3 is 0 Å². The molecule has 94 valence electrons. The van der Waals surface area contributed by atoms with Gasteiger partial charge in [-0.05, 0) is 39.0 Å². The van der Waals surface area contributed by atoms with E-state index in [0.717, 1.165) is 0 Å². The second kappa shape index (κ2) is 12.5. The first kappa shape index (κ1) is 15.5. The molecule has 0 bridgehead atoms. The van der Waals surface area contributed by atoms with E-state index in [4.69, 9.17) is 0 Å². The molecular weight excluding hydrogens is 192 g/mol. The third-order valence-electron chi connectivity index (χ3n) is 2.96. The molecule has 0 N–H and O–H groups in total. The highest BCUT2D eigenvalue weighted by atomic mass is 14.0. The van der Waals surface area contributed by atoms with Crippen LogP contribution in [0.4, 0.5) is 0 Å². The summed E-state index contributed by atoms with van der Waals surface area (Å²) >= 11 is 0. The van der Waals surface area contributed by atoms with Gasteiger partial charge in [0.05, 0.1) is 0 Å². The molecule has 0 aromatic carbocycles. The fraction of sp³-hybridized carbons (Fsp3) is 0.750. The normalized spacial score (nSPS) is 12.6. The van der Waals surface area contributed by atoms with E-state index in [1.165, 1.54) is 57.8 Å². The molecule has 0 atom stereocenters. The quantitative estimate of drug-likeness (QED) is 0.312. The smallest absolute Gasteiger partial charge is 0.0139 e. The van der Waals surface area contributed by atoms with Crippen molar-refractivity contribution in [2.45, 2.75) is 78.6 Å². The number of allylic oxidation sites excluding steroid dienone is 4. The second-order valence-electron chi connectivity index (χ2n) is 4.59. The number of unbranched alkanes of at least 4 members (excludes halogenated alkanes) is 5. The summed E-state index contributed by atoms with van der Waals surface area (Å²) in [4.78, 5) is 0. The molecule has 0 aliphatic heterocycles. The highest BCUT2D eigenvalue weighted by Gasteiger charge is 1.95. The Balaban J connectivity index is 3.86. The van der Waals surface area contributed by atoms with Gasteiger partial charge in [0, 0.05) is 0 Å². The Morgan fingerprint density at radius 1 is 0.938 bits per heavy atom. The van der Waals surface area contributed by atoms with Crippen LogP contribution in [-0.4, -0.2) is 0 Å². The summed E-state index contributed by atoms with van der Waals surface area (Å²) in [5, 5.41) is 0. The van der Waals surface area contributed by atoms with Gasteiger partial charge < -0.3 is 0 Å². The van der Waals surface area contributed by atoms with Crippen LogP contribution < -0.4 is 0 Å². The van der Waals surface area contributed by atoms with Crippen LogP contribution in [0.1, 0.15) is 78.6 Å². The minimum atomic E-state index is 1.17. The first-order valence-corrected chi connectivity index (χ1v) is 7.14. The van der Waals surface area contributed by atoms with E-state index in [9.17, 15) is 0 Å². The third kappa shape index (κ3) is 10.0. The summed E-state index contributed by atoms with van der Waals surface area (Å²) < 4.78 is 0. The van der Waals surface area contributed by atoms with Crippen LogP contribution in [0.25, 0.3) is 0 Å². The Morgan fingerprint density at radius 2 is 1.62 bits per heavy atom. The predicted molar refractivity (Wildman–Crippen MR) is 75.8 cm³/mol. The highest BCUT2D eigenvalue weighted by molar-refractivity contribution is 5.07. The van der Waals surface area contributed by atoms with Crippen molar-refractivity contribution in [3.63, 3.8) is 0 Å². The van der Waals surface area contributed by atoms with Crippen molar-refractivity contribution >= 4 is 0 Å². The lowest BCUT2D eigenvalue weighted by Crippen LogP contribution is -1.85. The summed E-state index contributed by atoms with van der Waals surface area (Å²) in [6, 6.07) is 0. The van der Waals surface area contributed by atoms with Gasteiger partial charge in [0.2, 0.25) is 0 Å². The van der Waals surface area contributed by atoms with E-state index in [2.05, 4.69) is 39.0 Å². The maximum atomic E-state index is 2.49. The lowest BCUT2D eigenvalue weighted by molar-refractivity contribution is 0.694. The molecule has 0 spiro atoms. The van der Waals surface area contributed by atoms with Gasteiger partial charge in [-0.25, -0.2) is 0 Å². The lowest BCUT2D eigenvalue weighted by atomic mass is 10.0. The van der Waals surface area contributed by atoms with Crippen molar-refractivity contribution < 1.29 is 0 Å². The van der Waals surface area contributed by atoms with Crippen molar-refractivity contribution in [1.82, 2.24) is 0 Å². The maximum Gasteiger partial charge on any atom is -0.0139 e. The van der Waals surface area contributed by atoms with E-state index in [1.807, 2.05) is 0 Å². The summed E-state index contributed by atoms with van der Waals surface area (Å²) in [6.07, 6.45) is 18.9. The van der Waals surface area contributed by atoms with Gasteiger partial charge in [-0.15, -0.1) is 0 Å². The Labute approximate surface area is 103 Å². The van der Waals surface area contributed by atoms with Crippen LogP contribution in [-0.2, 0) is 0 Å². The molecule has 0 aromatic heterocycles. The van der Waals surface area contributed by atoms with Gasteiger partial charge in [-0.3, -0.25) is 0 Å². The summed E-state index contributed by atoms with van der Waals surface area (Å²) in [5.41, 5.74) is 1.66. The first-order valence-electron chi connectivity index (χ1n) is 7.14. The predicted octanol–water partition coefficient (Wildman–Crippen LogP) is 6.04.